The van der Waals surface area contributed by atoms with Gasteiger partial charge in [-0.25, -0.2) is 4.79 Å². The first-order valence-corrected chi connectivity index (χ1v) is 6.82. The molecule has 0 saturated heterocycles. The standard InChI is InChI=1S/C15H24O4/c1-4-7-9-13(10-11-14(16)18-6-3)15(17)19-12-8-5-2/h6,10H,3-5,7-9,11-12H2,1-2H3. The Kier molecular flexibility index (Phi) is 10.6. The fraction of sp³-hybridized carbons (Fsp3) is 0.600. The van der Waals surface area contributed by atoms with Gasteiger partial charge in [-0.2, -0.15) is 0 Å². The highest BCUT2D eigenvalue weighted by atomic mass is 16.5. The zero-order valence-corrected chi connectivity index (χ0v) is 11.9. The molecule has 4 heteroatoms. The van der Waals surface area contributed by atoms with E-state index in [4.69, 9.17) is 4.74 Å². The zero-order valence-electron chi connectivity index (χ0n) is 11.9. The van der Waals surface area contributed by atoms with Gasteiger partial charge < -0.3 is 9.47 Å². The van der Waals surface area contributed by atoms with Crippen LogP contribution in [0.4, 0.5) is 0 Å². The second kappa shape index (κ2) is 11.5. The van der Waals surface area contributed by atoms with Crippen LogP contribution in [0.3, 0.4) is 0 Å². The molecule has 0 aliphatic carbocycles. The van der Waals surface area contributed by atoms with E-state index in [1.165, 1.54) is 0 Å². The van der Waals surface area contributed by atoms with Crippen molar-refractivity contribution in [1.82, 2.24) is 0 Å². The Morgan fingerprint density at radius 1 is 1.16 bits per heavy atom. The number of rotatable bonds is 10. The molecule has 4 nitrogen and oxygen atoms in total. The Morgan fingerprint density at radius 2 is 1.84 bits per heavy atom. The zero-order chi connectivity index (χ0) is 14.5. The summed E-state index contributed by atoms with van der Waals surface area (Å²) in [5.41, 5.74) is 0.555. The van der Waals surface area contributed by atoms with Crippen LogP contribution in [0, 0.1) is 0 Å². The Labute approximate surface area is 115 Å². The third-order valence-electron chi connectivity index (χ3n) is 2.52. The van der Waals surface area contributed by atoms with Gasteiger partial charge in [0, 0.05) is 5.57 Å². The molecule has 0 amide bonds. The summed E-state index contributed by atoms with van der Waals surface area (Å²) in [6.45, 7) is 7.82. The molecule has 0 N–H and O–H groups in total. The molecule has 0 spiro atoms. The normalized spacial score (nSPS) is 10.9. The smallest absolute Gasteiger partial charge is 0.333 e. The number of esters is 2. The summed E-state index contributed by atoms with van der Waals surface area (Å²) < 4.78 is 9.76. The van der Waals surface area contributed by atoms with Crippen LogP contribution in [-0.2, 0) is 19.1 Å². The van der Waals surface area contributed by atoms with E-state index >= 15 is 0 Å². The van der Waals surface area contributed by atoms with Crippen LogP contribution in [0.2, 0.25) is 0 Å². The van der Waals surface area contributed by atoms with Gasteiger partial charge in [-0.05, 0) is 19.3 Å². The number of ether oxygens (including phenoxy) is 2. The molecule has 0 unspecified atom stereocenters. The lowest BCUT2D eigenvalue weighted by molar-refractivity contribution is -0.139. The summed E-state index contributed by atoms with van der Waals surface area (Å²) in [4.78, 5) is 23.0. The molecule has 0 aromatic heterocycles. The Morgan fingerprint density at radius 3 is 2.42 bits per heavy atom. The number of hydrogen-bond donors (Lipinski definition) is 0. The average Bonchev–Trinajstić information content (AvgIpc) is 2.39. The van der Waals surface area contributed by atoms with E-state index in [1.807, 2.05) is 13.8 Å². The topological polar surface area (TPSA) is 52.6 Å². The van der Waals surface area contributed by atoms with Crippen LogP contribution >= 0.6 is 0 Å². The summed E-state index contributed by atoms with van der Waals surface area (Å²) in [5, 5.41) is 0. The number of unbranched alkanes of at least 4 members (excludes halogenated alkanes) is 2. The van der Waals surface area contributed by atoms with Gasteiger partial charge in [-0.1, -0.05) is 39.3 Å². The van der Waals surface area contributed by atoms with E-state index in [1.54, 1.807) is 6.08 Å². The highest BCUT2D eigenvalue weighted by Gasteiger charge is 2.11. The third-order valence-corrected chi connectivity index (χ3v) is 2.52. The van der Waals surface area contributed by atoms with Crippen molar-refractivity contribution in [3.63, 3.8) is 0 Å². The van der Waals surface area contributed by atoms with Gasteiger partial charge in [0.2, 0.25) is 0 Å². The summed E-state index contributed by atoms with van der Waals surface area (Å²) in [5.74, 6) is -0.751. The molecule has 0 radical (unpaired) electrons. The largest absolute Gasteiger partial charge is 0.462 e. The van der Waals surface area contributed by atoms with Crippen molar-refractivity contribution in [2.75, 3.05) is 6.61 Å². The van der Waals surface area contributed by atoms with Crippen molar-refractivity contribution >= 4 is 11.9 Å². The Balaban J connectivity index is 4.41. The van der Waals surface area contributed by atoms with Gasteiger partial charge >= 0.3 is 11.9 Å². The second-order valence-corrected chi connectivity index (χ2v) is 4.18. The van der Waals surface area contributed by atoms with Crippen molar-refractivity contribution < 1.29 is 19.1 Å². The molecule has 0 fully saturated rings. The predicted octanol–water partition coefficient (Wildman–Crippen LogP) is 3.52. The van der Waals surface area contributed by atoms with Gasteiger partial charge in [0.15, 0.2) is 0 Å². The van der Waals surface area contributed by atoms with Crippen LogP contribution < -0.4 is 0 Å². The van der Waals surface area contributed by atoms with Crippen LogP contribution in [0.5, 0.6) is 0 Å². The first-order chi connectivity index (χ1) is 9.15. The lowest BCUT2D eigenvalue weighted by atomic mass is 10.1. The molecular formula is C15H24O4. The molecule has 0 bridgehead atoms. The minimum atomic E-state index is -0.426. The monoisotopic (exact) mass is 268 g/mol. The molecule has 0 atom stereocenters. The van der Waals surface area contributed by atoms with Gasteiger partial charge in [-0.3, -0.25) is 4.79 Å². The number of carbonyl (C=O) groups is 2. The summed E-state index contributed by atoms with van der Waals surface area (Å²) >= 11 is 0. The van der Waals surface area contributed by atoms with Crippen molar-refractivity contribution in [3.8, 4) is 0 Å². The maximum absolute atomic E-state index is 11.8. The summed E-state index contributed by atoms with van der Waals surface area (Å²) in [6.07, 6.45) is 7.08. The predicted molar refractivity (Wildman–Crippen MR) is 74.4 cm³/mol. The first-order valence-electron chi connectivity index (χ1n) is 6.82. The van der Waals surface area contributed by atoms with E-state index in [0.717, 1.165) is 31.9 Å². The van der Waals surface area contributed by atoms with Crippen molar-refractivity contribution in [2.45, 2.75) is 52.4 Å². The maximum Gasteiger partial charge on any atom is 0.333 e. The quantitative estimate of drug-likeness (QED) is 0.263. The van der Waals surface area contributed by atoms with Crippen LogP contribution in [0.1, 0.15) is 52.4 Å². The van der Waals surface area contributed by atoms with Crippen LogP contribution in [-0.4, -0.2) is 18.5 Å². The van der Waals surface area contributed by atoms with E-state index in [-0.39, 0.29) is 12.4 Å². The summed E-state index contributed by atoms with van der Waals surface area (Å²) in [7, 11) is 0. The van der Waals surface area contributed by atoms with E-state index in [0.29, 0.717) is 18.6 Å². The molecule has 0 aromatic carbocycles. The fourth-order valence-electron chi connectivity index (χ4n) is 1.40. The van der Waals surface area contributed by atoms with E-state index < -0.39 is 5.97 Å². The number of hydrogen-bond acceptors (Lipinski definition) is 4. The molecule has 0 heterocycles. The SMILES string of the molecule is C=COC(=O)CC=C(CCCC)C(=O)OCCCC. The first kappa shape index (κ1) is 17.4. The van der Waals surface area contributed by atoms with Crippen molar-refractivity contribution in [3.05, 3.63) is 24.5 Å². The van der Waals surface area contributed by atoms with Crippen molar-refractivity contribution in [1.29, 1.82) is 0 Å². The second-order valence-electron chi connectivity index (χ2n) is 4.18. The molecule has 0 rings (SSSR count). The van der Waals surface area contributed by atoms with E-state index in [2.05, 4.69) is 11.3 Å². The Hall–Kier alpha value is -1.58. The summed E-state index contributed by atoms with van der Waals surface area (Å²) in [6, 6.07) is 0. The third kappa shape index (κ3) is 9.05. The average molecular weight is 268 g/mol. The van der Waals surface area contributed by atoms with Gasteiger partial charge in [0.1, 0.15) is 0 Å². The lowest BCUT2D eigenvalue weighted by Crippen LogP contribution is -2.10. The van der Waals surface area contributed by atoms with Gasteiger partial charge in [-0.15, -0.1) is 0 Å². The van der Waals surface area contributed by atoms with Gasteiger partial charge in [0.05, 0.1) is 19.3 Å². The molecule has 108 valence electrons. The van der Waals surface area contributed by atoms with E-state index in [9.17, 15) is 9.59 Å². The maximum atomic E-state index is 11.8. The van der Waals surface area contributed by atoms with Crippen molar-refractivity contribution in [2.24, 2.45) is 0 Å². The highest BCUT2D eigenvalue weighted by Crippen LogP contribution is 2.11. The highest BCUT2D eigenvalue weighted by molar-refractivity contribution is 5.89. The number of carbonyl (C=O) groups excluding carboxylic acids is 2. The van der Waals surface area contributed by atoms with Crippen LogP contribution in [0.15, 0.2) is 24.5 Å². The molecule has 0 aromatic rings. The molecule has 0 aliphatic rings. The minimum absolute atomic E-state index is 0.0634. The molecular weight excluding hydrogens is 244 g/mol. The molecule has 0 saturated carbocycles. The minimum Gasteiger partial charge on any atom is -0.462 e. The molecule has 19 heavy (non-hydrogen) atoms. The lowest BCUT2D eigenvalue weighted by Gasteiger charge is -2.07. The fourth-order valence-corrected chi connectivity index (χ4v) is 1.40. The molecule has 0 aliphatic heterocycles. The van der Waals surface area contributed by atoms with Crippen LogP contribution in [0.25, 0.3) is 0 Å². The van der Waals surface area contributed by atoms with Gasteiger partial charge in [0.25, 0.3) is 0 Å². The Bertz CT molecular complexity index is 318.